The molecule has 1 unspecified atom stereocenters. The van der Waals surface area contributed by atoms with Crippen LogP contribution in [-0.2, 0) is 4.79 Å². The number of benzene rings is 1. The maximum absolute atomic E-state index is 11.9. The van der Waals surface area contributed by atoms with Crippen molar-refractivity contribution in [3.8, 4) is 0 Å². The number of anilines is 1. The number of hydrogen-bond acceptors (Lipinski definition) is 4. The standard InChI is InChI=1S/C14H20BrN3OS/c1-4-16-13-9-7-10(15)12(20-6-5-18(2)3)8-11(9)17-14(13)19/h7-8,13,16H,4-6H2,1-3H3,(H,17,19). The van der Waals surface area contributed by atoms with E-state index < -0.39 is 0 Å². The Labute approximate surface area is 132 Å². The predicted molar refractivity (Wildman–Crippen MR) is 88.5 cm³/mol. The zero-order valence-corrected chi connectivity index (χ0v) is 14.4. The van der Waals surface area contributed by atoms with Gasteiger partial charge in [0.05, 0.1) is 0 Å². The van der Waals surface area contributed by atoms with Gasteiger partial charge in [-0.1, -0.05) is 6.92 Å². The van der Waals surface area contributed by atoms with Crippen molar-refractivity contribution in [1.82, 2.24) is 10.2 Å². The first-order chi connectivity index (χ1) is 9.52. The normalized spacial score (nSPS) is 17.4. The van der Waals surface area contributed by atoms with E-state index in [0.717, 1.165) is 34.6 Å². The molecule has 0 radical (unpaired) electrons. The van der Waals surface area contributed by atoms with Crippen LogP contribution in [0, 0.1) is 0 Å². The van der Waals surface area contributed by atoms with Crippen LogP contribution < -0.4 is 10.6 Å². The van der Waals surface area contributed by atoms with E-state index in [2.05, 4.69) is 57.7 Å². The van der Waals surface area contributed by atoms with E-state index >= 15 is 0 Å². The van der Waals surface area contributed by atoms with Gasteiger partial charge in [-0.25, -0.2) is 0 Å². The highest BCUT2D eigenvalue weighted by Crippen LogP contribution is 2.38. The lowest BCUT2D eigenvalue weighted by Gasteiger charge is -2.12. The number of halogens is 1. The topological polar surface area (TPSA) is 44.4 Å². The fraction of sp³-hybridized carbons (Fsp3) is 0.500. The predicted octanol–water partition coefficient (Wildman–Crippen LogP) is 2.71. The highest BCUT2D eigenvalue weighted by atomic mass is 79.9. The van der Waals surface area contributed by atoms with Crippen LogP contribution in [0.5, 0.6) is 0 Å². The van der Waals surface area contributed by atoms with E-state index in [9.17, 15) is 4.79 Å². The van der Waals surface area contributed by atoms with Crippen molar-refractivity contribution >= 4 is 39.3 Å². The van der Waals surface area contributed by atoms with Gasteiger partial charge in [-0.15, -0.1) is 11.8 Å². The molecule has 20 heavy (non-hydrogen) atoms. The molecule has 0 saturated heterocycles. The summed E-state index contributed by atoms with van der Waals surface area (Å²) < 4.78 is 1.06. The highest BCUT2D eigenvalue weighted by Gasteiger charge is 2.30. The zero-order valence-electron chi connectivity index (χ0n) is 12.0. The second-order valence-electron chi connectivity index (χ2n) is 5.00. The largest absolute Gasteiger partial charge is 0.324 e. The Balaban J connectivity index is 2.15. The van der Waals surface area contributed by atoms with Gasteiger partial charge in [0.25, 0.3) is 0 Å². The van der Waals surface area contributed by atoms with Crippen molar-refractivity contribution < 1.29 is 4.79 Å². The summed E-state index contributed by atoms with van der Waals surface area (Å²) in [6, 6.07) is 3.89. The van der Waals surface area contributed by atoms with E-state index in [0.29, 0.717) is 0 Å². The minimum Gasteiger partial charge on any atom is -0.324 e. The number of rotatable bonds is 6. The van der Waals surface area contributed by atoms with Gasteiger partial charge in [0.15, 0.2) is 0 Å². The molecule has 0 aromatic heterocycles. The van der Waals surface area contributed by atoms with Crippen LogP contribution in [0.3, 0.4) is 0 Å². The lowest BCUT2D eigenvalue weighted by atomic mass is 10.1. The third-order valence-electron chi connectivity index (χ3n) is 3.14. The second kappa shape index (κ2) is 6.93. The third-order valence-corrected chi connectivity index (χ3v) is 5.09. The summed E-state index contributed by atoms with van der Waals surface area (Å²) in [5, 5.41) is 6.16. The van der Waals surface area contributed by atoms with Gasteiger partial charge in [-0.2, -0.15) is 0 Å². The van der Waals surface area contributed by atoms with Gasteiger partial charge in [-0.3, -0.25) is 4.79 Å². The van der Waals surface area contributed by atoms with Crippen molar-refractivity contribution in [2.75, 3.05) is 38.3 Å². The van der Waals surface area contributed by atoms with Crippen molar-refractivity contribution in [1.29, 1.82) is 0 Å². The zero-order chi connectivity index (χ0) is 14.7. The number of amides is 1. The van der Waals surface area contributed by atoms with Crippen molar-refractivity contribution in [2.24, 2.45) is 0 Å². The van der Waals surface area contributed by atoms with Crippen LogP contribution in [-0.4, -0.2) is 43.7 Å². The fourth-order valence-electron chi connectivity index (χ4n) is 2.12. The number of nitrogens with zero attached hydrogens (tertiary/aromatic N) is 1. The van der Waals surface area contributed by atoms with Crippen LogP contribution in [0.15, 0.2) is 21.5 Å². The van der Waals surface area contributed by atoms with E-state index in [1.165, 1.54) is 4.90 Å². The maximum atomic E-state index is 11.9. The molecule has 1 atom stereocenters. The second-order valence-corrected chi connectivity index (χ2v) is 6.99. The Kier molecular flexibility index (Phi) is 5.49. The Morgan fingerprint density at radius 3 is 2.85 bits per heavy atom. The molecule has 0 fully saturated rings. The van der Waals surface area contributed by atoms with E-state index in [1.54, 1.807) is 11.8 Å². The molecule has 1 aliphatic rings. The summed E-state index contributed by atoms with van der Waals surface area (Å²) in [6.07, 6.45) is 0. The first-order valence-electron chi connectivity index (χ1n) is 6.68. The van der Waals surface area contributed by atoms with Crippen LogP contribution in [0.25, 0.3) is 0 Å². The molecule has 1 aliphatic heterocycles. The van der Waals surface area contributed by atoms with Crippen molar-refractivity contribution in [2.45, 2.75) is 17.9 Å². The summed E-state index contributed by atoms with van der Waals surface area (Å²) in [6.45, 7) is 3.81. The minimum atomic E-state index is -0.230. The molecule has 2 rings (SSSR count). The van der Waals surface area contributed by atoms with Gasteiger partial charge in [-0.05, 0) is 48.7 Å². The first-order valence-corrected chi connectivity index (χ1v) is 8.46. The Hall–Kier alpha value is -0.560. The molecule has 0 bridgehead atoms. The molecule has 0 spiro atoms. The quantitative estimate of drug-likeness (QED) is 0.768. The van der Waals surface area contributed by atoms with Crippen LogP contribution in [0.1, 0.15) is 18.5 Å². The Morgan fingerprint density at radius 1 is 1.45 bits per heavy atom. The molecule has 1 heterocycles. The number of nitrogens with one attached hydrogen (secondary N) is 2. The smallest absolute Gasteiger partial charge is 0.246 e. The summed E-state index contributed by atoms with van der Waals surface area (Å²) in [5.74, 6) is 1.05. The number of carbonyl (C=O) groups excluding carboxylic acids is 1. The molecule has 1 aromatic carbocycles. The molecule has 0 aliphatic carbocycles. The summed E-state index contributed by atoms with van der Waals surface area (Å²) in [5.41, 5.74) is 1.96. The van der Waals surface area contributed by atoms with Gasteiger partial charge >= 0.3 is 0 Å². The SMILES string of the molecule is CCNC1C(=O)Nc2cc(SCCN(C)C)c(Br)cc21. The molecular weight excluding hydrogens is 338 g/mol. The maximum Gasteiger partial charge on any atom is 0.246 e. The van der Waals surface area contributed by atoms with Gasteiger partial charge < -0.3 is 15.5 Å². The molecule has 6 heteroatoms. The lowest BCUT2D eigenvalue weighted by molar-refractivity contribution is -0.117. The summed E-state index contributed by atoms with van der Waals surface area (Å²) in [7, 11) is 4.14. The highest BCUT2D eigenvalue weighted by molar-refractivity contribution is 9.10. The van der Waals surface area contributed by atoms with Gasteiger partial charge in [0.2, 0.25) is 5.91 Å². The average molecular weight is 358 g/mol. The molecule has 0 saturated carbocycles. The number of fused-ring (bicyclic) bond motifs is 1. The molecule has 4 nitrogen and oxygen atoms in total. The van der Waals surface area contributed by atoms with Gasteiger partial charge in [0.1, 0.15) is 6.04 Å². The molecular formula is C14H20BrN3OS. The first kappa shape index (κ1) is 15.8. The molecule has 1 aromatic rings. The fourth-order valence-corrected chi connectivity index (χ4v) is 3.90. The van der Waals surface area contributed by atoms with Crippen LogP contribution in [0.2, 0.25) is 0 Å². The Bertz CT molecular complexity index is 507. The lowest BCUT2D eigenvalue weighted by Crippen LogP contribution is -2.27. The monoisotopic (exact) mass is 357 g/mol. The number of likely N-dealkylation sites (N-methyl/N-ethyl adjacent to an activating group) is 1. The minimum absolute atomic E-state index is 0.0317. The molecule has 2 N–H and O–H groups in total. The van der Waals surface area contributed by atoms with Crippen molar-refractivity contribution in [3.05, 3.63) is 22.2 Å². The molecule has 110 valence electrons. The number of hydrogen-bond donors (Lipinski definition) is 2. The van der Waals surface area contributed by atoms with E-state index in [1.807, 2.05) is 6.92 Å². The number of thioether (sulfide) groups is 1. The number of carbonyl (C=O) groups is 1. The van der Waals surface area contributed by atoms with Gasteiger partial charge in [0, 0.05) is 32.9 Å². The van der Waals surface area contributed by atoms with E-state index in [4.69, 9.17) is 0 Å². The summed E-state index contributed by atoms with van der Waals surface area (Å²) in [4.78, 5) is 15.3. The van der Waals surface area contributed by atoms with Crippen LogP contribution >= 0.6 is 27.7 Å². The third kappa shape index (κ3) is 3.55. The van der Waals surface area contributed by atoms with E-state index in [-0.39, 0.29) is 11.9 Å². The Morgan fingerprint density at radius 2 is 2.20 bits per heavy atom. The van der Waals surface area contributed by atoms with Crippen molar-refractivity contribution in [3.63, 3.8) is 0 Å². The average Bonchev–Trinajstić information content (AvgIpc) is 2.66. The van der Waals surface area contributed by atoms with Crippen LogP contribution in [0.4, 0.5) is 5.69 Å². The molecule has 1 amide bonds. The summed E-state index contributed by atoms with van der Waals surface area (Å²) >= 11 is 5.41.